The molecule has 5 nitrogen and oxygen atoms in total. The number of imidazole rings is 2. The predicted molar refractivity (Wildman–Crippen MR) is 194 cm³/mol. The molecule has 4 aliphatic carbocycles. The molecule has 47 heavy (non-hydrogen) atoms. The summed E-state index contributed by atoms with van der Waals surface area (Å²) in [6, 6.07) is 16.3. The molecule has 5 heteroatoms. The van der Waals surface area contributed by atoms with E-state index < -0.39 is 0 Å². The van der Waals surface area contributed by atoms with E-state index in [4.69, 9.17) is 10.1 Å². The van der Waals surface area contributed by atoms with Crippen LogP contribution in [0.25, 0.3) is 16.7 Å². The number of H-pyrrole nitrogens is 1. The van der Waals surface area contributed by atoms with Crippen molar-refractivity contribution in [3.8, 4) is 5.75 Å². The maximum atomic E-state index is 8.76. The number of fused-ring (bicyclic) bond motifs is 6. The topological polar surface area (TPSA) is 57.7 Å². The van der Waals surface area contributed by atoms with Crippen molar-refractivity contribution in [1.29, 1.82) is 0 Å². The first-order chi connectivity index (χ1) is 22.7. The summed E-state index contributed by atoms with van der Waals surface area (Å²) >= 11 is 0. The van der Waals surface area contributed by atoms with Gasteiger partial charge in [-0.15, -0.1) is 13.2 Å². The third kappa shape index (κ3) is 5.70. The molecule has 8 rings (SSSR count). The van der Waals surface area contributed by atoms with Gasteiger partial charge in [-0.3, -0.25) is 4.98 Å². The van der Waals surface area contributed by atoms with Crippen LogP contribution in [-0.4, -0.2) is 19.6 Å². The fraction of sp³-hybridized carbons (Fsp3) is 0.476. The van der Waals surface area contributed by atoms with Crippen molar-refractivity contribution in [3.63, 3.8) is 0 Å². The summed E-state index contributed by atoms with van der Waals surface area (Å²) in [6.07, 6.45) is 24.0. The van der Waals surface area contributed by atoms with Gasteiger partial charge in [-0.05, 0) is 98.3 Å². The van der Waals surface area contributed by atoms with E-state index in [1.165, 1.54) is 68.1 Å². The number of nitrogens with zero attached hydrogens (tertiary/aromatic N) is 3. The molecule has 0 radical (unpaired) electrons. The van der Waals surface area contributed by atoms with Gasteiger partial charge in [0.15, 0.2) is 0 Å². The minimum atomic E-state index is 0.189. The minimum absolute atomic E-state index is 0.189. The summed E-state index contributed by atoms with van der Waals surface area (Å²) in [5.41, 5.74) is 7.66. The number of nitrogens with one attached hydrogen (secondary N) is 1. The third-order valence-corrected chi connectivity index (χ3v) is 12.5. The van der Waals surface area contributed by atoms with Gasteiger partial charge in [0.1, 0.15) is 30.5 Å². The number of phenolic OH excluding ortho intramolecular Hbond substituents is 1. The Kier molecular flexibility index (Phi) is 9.13. The third-order valence-electron chi connectivity index (χ3n) is 12.5. The maximum absolute atomic E-state index is 8.76. The number of allylic oxidation sites excluding steroid dienone is 4. The zero-order chi connectivity index (χ0) is 33.4. The Balaban J connectivity index is 0.000000336. The molecule has 2 aromatic heterocycles. The summed E-state index contributed by atoms with van der Waals surface area (Å²) in [5.74, 6) is 2.56. The molecule has 0 bridgehead atoms. The Morgan fingerprint density at radius 2 is 1.79 bits per heavy atom. The van der Waals surface area contributed by atoms with Gasteiger partial charge in [0.05, 0.1) is 11.0 Å². The van der Waals surface area contributed by atoms with Gasteiger partial charge in [0.2, 0.25) is 6.33 Å². The van der Waals surface area contributed by atoms with E-state index in [2.05, 4.69) is 116 Å². The van der Waals surface area contributed by atoms with E-state index in [1.807, 2.05) is 19.1 Å². The lowest BCUT2D eigenvalue weighted by atomic mass is 9.40. The Morgan fingerprint density at radius 3 is 2.49 bits per heavy atom. The zero-order valence-corrected chi connectivity index (χ0v) is 29.3. The maximum Gasteiger partial charge on any atom is 0.241 e. The second-order valence-electron chi connectivity index (χ2n) is 15.3. The van der Waals surface area contributed by atoms with E-state index in [-0.39, 0.29) is 5.41 Å². The lowest BCUT2D eigenvalue weighted by Crippen LogP contribution is -2.58. The van der Waals surface area contributed by atoms with Crippen molar-refractivity contribution in [2.75, 3.05) is 0 Å². The first kappa shape index (κ1) is 33.1. The molecular formula is C42H55N4O+. The summed E-state index contributed by atoms with van der Waals surface area (Å²) in [7, 11) is 0. The van der Waals surface area contributed by atoms with Crippen LogP contribution in [-0.2, 0) is 0 Å². The number of aromatic hydroxyl groups is 1. The number of aromatic amines is 1. The molecule has 0 aliphatic heterocycles. The van der Waals surface area contributed by atoms with Gasteiger partial charge in [0, 0.05) is 17.5 Å². The van der Waals surface area contributed by atoms with Gasteiger partial charge >= 0.3 is 0 Å². The highest BCUT2D eigenvalue weighted by Gasteiger charge is 2.64. The van der Waals surface area contributed by atoms with E-state index in [0.717, 1.165) is 17.4 Å². The van der Waals surface area contributed by atoms with Crippen LogP contribution < -0.4 is 4.57 Å². The molecule has 0 spiro atoms. The first-order valence-corrected chi connectivity index (χ1v) is 17.8. The molecule has 4 aromatic rings. The van der Waals surface area contributed by atoms with Crippen LogP contribution in [0.2, 0.25) is 0 Å². The van der Waals surface area contributed by atoms with Gasteiger partial charge < -0.3 is 9.67 Å². The Labute approximate surface area is 282 Å². The highest BCUT2D eigenvalue weighted by molar-refractivity contribution is 5.80. The second kappa shape index (κ2) is 13.0. The number of phenols is 1. The molecule has 2 heterocycles. The Bertz CT molecular complexity index is 1710. The predicted octanol–water partition coefficient (Wildman–Crippen LogP) is 10.2. The van der Waals surface area contributed by atoms with Crippen molar-refractivity contribution < 1.29 is 9.67 Å². The zero-order valence-electron chi connectivity index (χ0n) is 29.3. The van der Waals surface area contributed by atoms with Crippen LogP contribution in [0.15, 0.2) is 104 Å². The van der Waals surface area contributed by atoms with Crippen LogP contribution in [0.4, 0.5) is 0 Å². The number of rotatable bonds is 4. The number of benzene rings is 2. The summed E-state index contributed by atoms with van der Waals surface area (Å²) < 4.78 is 4.85. The first-order valence-electron chi connectivity index (χ1n) is 17.8. The van der Waals surface area contributed by atoms with Crippen molar-refractivity contribution in [2.45, 2.75) is 92.0 Å². The number of para-hydroxylation sites is 2. The molecule has 2 aromatic carbocycles. The molecule has 2 saturated carbocycles. The van der Waals surface area contributed by atoms with Crippen molar-refractivity contribution >= 4 is 16.7 Å². The monoisotopic (exact) mass is 631 g/mol. The number of hydrogen-bond acceptors (Lipinski definition) is 2. The fourth-order valence-electron chi connectivity index (χ4n) is 10.9. The van der Waals surface area contributed by atoms with Gasteiger partial charge in [-0.2, -0.15) is 0 Å². The molecular weight excluding hydrogens is 576 g/mol. The van der Waals surface area contributed by atoms with Crippen LogP contribution in [0, 0.1) is 40.9 Å². The highest BCUT2D eigenvalue weighted by Crippen LogP contribution is 2.71. The molecule has 0 amide bonds. The largest absolute Gasteiger partial charge is 0.508 e. The molecule has 7 unspecified atom stereocenters. The number of hydrogen-bond donors (Lipinski definition) is 2. The second-order valence-corrected chi connectivity index (χ2v) is 15.3. The van der Waals surface area contributed by atoms with Crippen LogP contribution in [0.5, 0.6) is 5.75 Å². The number of aromatic nitrogens is 4. The molecule has 248 valence electrons. The molecule has 4 aliphatic rings. The molecule has 0 saturated heterocycles. The van der Waals surface area contributed by atoms with Crippen molar-refractivity contribution in [2.24, 2.45) is 34.0 Å². The lowest BCUT2D eigenvalue weighted by Gasteiger charge is -2.64. The van der Waals surface area contributed by atoms with E-state index >= 15 is 0 Å². The SMILES string of the molecule is C=C.CCCC1(C)CC2(C)C(n3cnc4ccccc43)=CCC2C2CC=C3CC([n+]4cc[nH]c4)CCC3(C)C21.Cc1ccc(O)cc1. The van der Waals surface area contributed by atoms with Gasteiger partial charge in [-0.1, -0.05) is 81.7 Å². The van der Waals surface area contributed by atoms with Gasteiger partial charge in [0.25, 0.3) is 0 Å². The molecule has 2 N–H and O–H groups in total. The standard InChI is InChI=1S/C33H42N4.C7H8O.C2H4/c1-5-15-31(2)20-33(4)26(12-13-29(33)37-22-35-27-8-6-7-9-28(27)37)25-11-10-23-19-24(36-18-17-34-21-36)14-16-32(23,3)30(25)31;1-6-2-4-7(8)5-3-6;1-2/h6-10,13,17-18,21-22,24-26,30H,5,11-12,14-16,19-20H2,1-4H3;2-5,8H,1H3;1-2H2/p+1. The molecule has 2 fully saturated rings. The van der Waals surface area contributed by atoms with Crippen LogP contribution in [0.3, 0.4) is 0 Å². The molecule has 7 atom stereocenters. The van der Waals surface area contributed by atoms with Crippen LogP contribution >= 0.6 is 0 Å². The van der Waals surface area contributed by atoms with Crippen LogP contribution in [0.1, 0.15) is 90.7 Å². The van der Waals surface area contributed by atoms with E-state index in [0.29, 0.717) is 28.5 Å². The summed E-state index contributed by atoms with van der Waals surface area (Å²) in [5, 5.41) is 8.76. The average molecular weight is 632 g/mol. The summed E-state index contributed by atoms with van der Waals surface area (Å²) in [6.45, 7) is 18.3. The summed E-state index contributed by atoms with van der Waals surface area (Å²) in [4.78, 5) is 8.06. The minimum Gasteiger partial charge on any atom is -0.508 e. The van der Waals surface area contributed by atoms with Gasteiger partial charge in [-0.25, -0.2) is 9.55 Å². The lowest BCUT2D eigenvalue weighted by molar-refractivity contribution is -0.723. The van der Waals surface area contributed by atoms with Crippen molar-refractivity contribution in [1.82, 2.24) is 14.5 Å². The number of aryl methyl sites for hydroxylation is 1. The highest BCUT2D eigenvalue weighted by atomic mass is 16.3. The van der Waals surface area contributed by atoms with E-state index in [1.54, 1.807) is 17.7 Å². The quantitative estimate of drug-likeness (QED) is 0.174. The Morgan fingerprint density at radius 1 is 1.02 bits per heavy atom. The van der Waals surface area contributed by atoms with E-state index in [9.17, 15) is 0 Å². The smallest absolute Gasteiger partial charge is 0.241 e. The Hall–Kier alpha value is -3.86. The van der Waals surface area contributed by atoms with Crippen molar-refractivity contribution in [3.05, 3.63) is 110 Å². The average Bonchev–Trinajstić information content (AvgIpc) is 3.82. The normalized spacial score (nSPS) is 32.4. The fourth-order valence-corrected chi connectivity index (χ4v) is 10.9.